The zero-order valence-electron chi connectivity index (χ0n) is 15.4. The number of hydrogen-bond donors (Lipinski definition) is 0. The number of hydrogen-bond acceptors (Lipinski definition) is 7. The molecule has 3 aliphatic rings. The van der Waals surface area contributed by atoms with E-state index in [-0.39, 0.29) is 12.1 Å². The van der Waals surface area contributed by atoms with Gasteiger partial charge in [-0.3, -0.25) is 10.1 Å². The molecule has 0 N–H and O–H groups in total. The van der Waals surface area contributed by atoms with E-state index in [2.05, 4.69) is 0 Å². The molecule has 4 rings (SSSR count). The van der Waals surface area contributed by atoms with Gasteiger partial charge in [-0.2, -0.15) is 0 Å². The molecule has 1 spiro atoms. The third-order valence-corrected chi connectivity index (χ3v) is 6.28. The zero-order valence-corrected chi connectivity index (χ0v) is 16.2. The molecule has 28 heavy (non-hydrogen) atoms. The summed E-state index contributed by atoms with van der Waals surface area (Å²) < 4.78 is 41.4. The van der Waals surface area contributed by atoms with Crippen LogP contribution in [0.3, 0.4) is 0 Å². The van der Waals surface area contributed by atoms with E-state index in [0.717, 1.165) is 5.56 Å². The second-order valence-electron chi connectivity index (χ2n) is 7.66. The van der Waals surface area contributed by atoms with Crippen molar-refractivity contribution in [2.75, 3.05) is 10.8 Å². The topological polar surface area (TPSA) is 113 Å². The largest absolute Gasteiger partial charge is 0.747 e. The number of allylic oxidation sites excluding steroid dienone is 5. The van der Waals surface area contributed by atoms with Gasteiger partial charge in [-0.25, -0.2) is 8.42 Å². The number of nitro groups is 1. The van der Waals surface area contributed by atoms with Crippen molar-refractivity contribution in [1.82, 2.24) is 0 Å². The lowest BCUT2D eigenvalue weighted by molar-refractivity contribution is -0.428. The van der Waals surface area contributed by atoms with E-state index in [0.29, 0.717) is 23.4 Å². The molecule has 2 heterocycles. The highest BCUT2D eigenvalue weighted by Crippen LogP contribution is 2.55. The normalized spacial score (nSPS) is 25.2. The monoisotopic (exact) mass is 403 g/mol. The Morgan fingerprint density at radius 1 is 1.25 bits per heavy atom. The van der Waals surface area contributed by atoms with E-state index in [1.807, 2.05) is 26.0 Å². The molecular weight excluding hydrogens is 384 g/mol. The highest BCUT2D eigenvalue weighted by atomic mass is 32.2. The standard InChI is InChI=1S/C19H20N2O6S/c1-18(2)15-5-3-4-6-16(15)20(12-28(24,25)26)19(18)10-9-13-11-14(21(22)23)7-8-17(13)27-19/h3-6,9-11H,7-8,12H2,1-2H3,(H,24,25,26)/p-1/t19-/m1/s1. The Balaban J connectivity index is 1.84. The Kier molecular flexibility index (Phi) is 3.95. The van der Waals surface area contributed by atoms with Crippen molar-refractivity contribution in [3.63, 3.8) is 0 Å². The molecule has 9 heteroatoms. The number of benzene rings is 1. The van der Waals surface area contributed by atoms with Crippen molar-refractivity contribution in [2.45, 2.75) is 37.8 Å². The molecule has 0 unspecified atom stereocenters. The number of anilines is 1. The van der Waals surface area contributed by atoms with Gasteiger partial charge in [0.15, 0.2) is 0 Å². The van der Waals surface area contributed by atoms with Crippen molar-refractivity contribution in [2.24, 2.45) is 0 Å². The zero-order chi connectivity index (χ0) is 20.3. The average Bonchev–Trinajstić information content (AvgIpc) is 2.79. The lowest BCUT2D eigenvalue weighted by Crippen LogP contribution is -2.58. The van der Waals surface area contributed by atoms with Gasteiger partial charge in [0.05, 0.1) is 10.3 Å². The molecule has 2 aliphatic heterocycles. The van der Waals surface area contributed by atoms with Gasteiger partial charge in [0.1, 0.15) is 21.8 Å². The summed E-state index contributed by atoms with van der Waals surface area (Å²) in [7, 11) is -4.58. The molecule has 0 radical (unpaired) electrons. The van der Waals surface area contributed by atoms with Crippen LogP contribution < -0.4 is 4.90 Å². The minimum atomic E-state index is -4.58. The molecule has 0 fully saturated rings. The van der Waals surface area contributed by atoms with Crippen molar-refractivity contribution in [3.05, 3.63) is 75.2 Å². The van der Waals surface area contributed by atoms with Crippen LogP contribution in [0.1, 0.15) is 32.3 Å². The van der Waals surface area contributed by atoms with Crippen molar-refractivity contribution >= 4 is 15.8 Å². The van der Waals surface area contributed by atoms with E-state index in [9.17, 15) is 23.1 Å². The van der Waals surface area contributed by atoms with Gasteiger partial charge in [0.25, 0.3) is 0 Å². The summed E-state index contributed by atoms with van der Waals surface area (Å²) in [5.41, 5.74) is 0.308. The van der Waals surface area contributed by atoms with Crippen LogP contribution in [-0.4, -0.2) is 29.5 Å². The van der Waals surface area contributed by atoms with E-state index in [4.69, 9.17) is 4.74 Å². The van der Waals surface area contributed by atoms with Crippen molar-refractivity contribution in [1.29, 1.82) is 0 Å². The van der Waals surface area contributed by atoms with E-state index < -0.39 is 32.1 Å². The van der Waals surface area contributed by atoms with Crippen LogP contribution in [0, 0.1) is 10.1 Å². The second-order valence-corrected chi connectivity index (χ2v) is 9.03. The lowest BCUT2D eigenvalue weighted by Gasteiger charge is -2.48. The summed E-state index contributed by atoms with van der Waals surface area (Å²) in [4.78, 5) is 12.2. The van der Waals surface area contributed by atoms with Gasteiger partial charge in [-0.05, 0) is 37.6 Å². The van der Waals surface area contributed by atoms with Crippen LogP contribution in [0.2, 0.25) is 0 Å². The predicted octanol–water partition coefficient (Wildman–Crippen LogP) is 2.78. The molecule has 1 aromatic rings. The first-order chi connectivity index (χ1) is 13.1. The minimum Gasteiger partial charge on any atom is -0.747 e. The highest BCUT2D eigenvalue weighted by molar-refractivity contribution is 7.85. The number of fused-ring (bicyclic) bond motifs is 1. The number of nitrogens with zero attached hydrogens (tertiary/aromatic N) is 2. The van der Waals surface area contributed by atoms with E-state index in [1.165, 1.54) is 11.0 Å². The summed E-state index contributed by atoms with van der Waals surface area (Å²) in [5.74, 6) is -0.182. The second kappa shape index (κ2) is 5.92. The first kappa shape index (κ1) is 18.7. The maximum absolute atomic E-state index is 11.7. The molecule has 148 valence electrons. The molecule has 0 aromatic heterocycles. The molecule has 8 nitrogen and oxygen atoms in total. The van der Waals surface area contributed by atoms with Gasteiger partial charge in [-0.1, -0.05) is 18.2 Å². The van der Waals surface area contributed by atoms with Crippen LogP contribution in [0.4, 0.5) is 5.69 Å². The summed E-state index contributed by atoms with van der Waals surface area (Å²) in [6, 6.07) is 7.29. The van der Waals surface area contributed by atoms with Gasteiger partial charge in [0.2, 0.25) is 11.4 Å². The SMILES string of the molecule is CC1(C)c2ccccc2N(CS(=O)(=O)[O-])[C@@]12C=CC1=C(CCC([N+](=O)[O-])=C1)O2. The molecule has 0 saturated heterocycles. The smallest absolute Gasteiger partial charge is 0.247 e. The van der Waals surface area contributed by atoms with Crippen LogP contribution >= 0.6 is 0 Å². The van der Waals surface area contributed by atoms with E-state index in [1.54, 1.807) is 24.3 Å². The average molecular weight is 403 g/mol. The van der Waals surface area contributed by atoms with Crippen molar-refractivity contribution < 1.29 is 22.6 Å². The summed E-state index contributed by atoms with van der Waals surface area (Å²) in [6.45, 7) is 3.86. The molecule has 0 amide bonds. The molecule has 0 bridgehead atoms. The van der Waals surface area contributed by atoms with Gasteiger partial charge in [-0.15, -0.1) is 0 Å². The maximum Gasteiger partial charge on any atom is 0.247 e. The minimum absolute atomic E-state index is 0.107. The summed E-state index contributed by atoms with van der Waals surface area (Å²) in [5, 5.41) is 11.1. The Labute approximate surface area is 162 Å². The Morgan fingerprint density at radius 2 is 1.96 bits per heavy atom. The van der Waals surface area contributed by atoms with Crippen LogP contribution in [0.25, 0.3) is 0 Å². The molecular formula is C19H19N2O6S-. The molecule has 1 aliphatic carbocycles. The third kappa shape index (κ3) is 2.65. The van der Waals surface area contributed by atoms with E-state index >= 15 is 0 Å². The van der Waals surface area contributed by atoms with Crippen LogP contribution in [0.15, 0.2) is 59.5 Å². The Bertz CT molecular complexity index is 1070. The first-order valence-electron chi connectivity index (χ1n) is 8.82. The number of para-hydroxylation sites is 1. The number of rotatable bonds is 3. The van der Waals surface area contributed by atoms with Gasteiger partial charge < -0.3 is 14.2 Å². The molecule has 0 saturated carbocycles. The fourth-order valence-corrected chi connectivity index (χ4v) is 4.94. The highest BCUT2D eigenvalue weighted by Gasteiger charge is 2.59. The summed E-state index contributed by atoms with van der Waals surface area (Å²) >= 11 is 0. The van der Waals surface area contributed by atoms with Crippen LogP contribution in [0.5, 0.6) is 0 Å². The maximum atomic E-state index is 11.7. The molecule has 1 atom stereocenters. The predicted molar refractivity (Wildman–Crippen MR) is 101 cm³/mol. The van der Waals surface area contributed by atoms with Gasteiger partial charge in [0, 0.05) is 30.2 Å². The lowest BCUT2D eigenvalue weighted by atomic mass is 9.76. The fraction of sp³-hybridized carbons (Fsp3) is 0.368. The molecule has 1 aromatic carbocycles. The van der Waals surface area contributed by atoms with Crippen LogP contribution in [-0.2, 0) is 20.3 Å². The third-order valence-electron chi connectivity index (χ3n) is 5.71. The number of ether oxygens (including phenoxy) is 1. The first-order valence-corrected chi connectivity index (χ1v) is 10.4. The Hall–Kier alpha value is -2.65. The van der Waals surface area contributed by atoms with Crippen molar-refractivity contribution in [3.8, 4) is 0 Å². The summed E-state index contributed by atoms with van der Waals surface area (Å²) in [6.07, 6.45) is 5.46. The quantitative estimate of drug-likeness (QED) is 0.433. The fourth-order valence-electron chi connectivity index (χ4n) is 4.29. The Morgan fingerprint density at radius 3 is 2.64 bits per heavy atom. The van der Waals surface area contributed by atoms with Gasteiger partial charge >= 0.3 is 0 Å².